The molecule has 0 spiro atoms. The van der Waals surface area contributed by atoms with Crippen molar-refractivity contribution in [3.8, 4) is 5.75 Å². The van der Waals surface area contributed by atoms with E-state index in [1.807, 2.05) is 0 Å². The normalized spacial score (nSPS) is 29.2. The van der Waals surface area contributed by atoms with E-state index in [0.717, 1.165) is 19.3 Å². The SMILES string of the molecule is COc1ccc(Cl)cc1NC(=O)CCN1C(=O)[C@H]2[C@@H]3CC[C@@H](C3)[C@@H]2C1=O. The van der Waals surface area contributed by atoms with Gasteiger partial charge in [0.25, 0.3) is 0 Å². The van der Waals surface area contributed by atoms with Gasteiger partial charge < -0.3 is 10.1 Å². The monoisotopic (exact) mass is 376 g/mol. The molecule has 0 unspecified atom stereocenters. The molecule has 26 heavy (non-hydrogen) atoms. The van der Waals surface area contributed by atoms with Crippen LogP contribution in [0.25, 0.3) is 0 Å². The van der Waals surface area contributed by atoms with Crippen LogP contribution in [0.1, 0.15) is 25.7 Å². The molecular formula is C19H21ClN2O4. The summed E-state index contributed by atoms with van der Waals surface area (Å²) >= 11 is 5.96. The molecule has 1 N–H and O–H groups in total. The van der Waals surface area contributed by atoms with E-state index in [0.29, 0.717) is 28.3 Å². The number of hydrogen-bond donors (Lipinski definition) is 1. The predicted octanol–water partition coefficient (Wildman–Crippen LogP) is 2.71. The number of hydrogen-bond acceptors (Lipinski definition) is 4. The van der Waals surface area contributed by atoms with Gasteiger partial charge in [-0.2, -0.15) is 0 Å². The van der Waals surface area contributed by atoms with Gasteiger partial charge in [-0.05, 0) is 49.3 Å². The van der Waals surface area contributed by atoms with Crippen molar-refractivity contribution in [2.75, 3.05) is 19.0 Å². The van der Waals surface area contributed by atoms with E-state index in [2.05, 4.69) is 5.32 Å². The molecule has 1 saturated heterocycles. The summed E-state index contributed by atoms with van der Waals surface area (Å²) in [5, 5.41) is 3.22. The molecule has 2 aliphatic carbocycles. The first-order chi connectivity index (χ1) is 12.5. The molecule has 6 nitrogen and oxygen atoms in total. The van der Waals surface area contributed by atoms with Gasteiger partial charge in [-0.15, -0.1) is 0 Å². The number of benzene rings is 1. The van der Waals surface area contributed by atoms with Crippen LogP contribution in [0.4, 0.5) is 5.69 Å². The number of amides is 3. The highest BCUT2D eigenvalue weighted by Gasteiger charge is 2.60. The molecule has 1 aromatic rings. The summed E-state index contributed by atoms with van der Waals surface area (Å²) in [4.78, 5) is 38.9. The first-order valence-electron chi connectivity index (χ1n) is 8.98. The fourth-order valence-corrected chi connectivity index (χ4v) is 5.07. The maximum absolute atomic E-state index is 12.6. The summed E-state index contributed by atoms with van der Waals surface area (Å²) in [6.07, 6.45) is 3.17. The average Bonchev–Trinajstić information content (AvgIpc) is 3.28. The van der Waals surface area contributed by atoms with Gasteiger partial charge in [0.05, 0.1) is 24.6 Å². The average molecular weight is 377 g/mol. The van der Waals surface area contributed by atoms with Gasteiger partial charge in [0.1, 0.15) is 5.75 Å². The van der Waals surface area contributed by atoms with Gasteiger partial charge in [-0.1, -0.05) is 11.6 Å². The van der Waals surface area contributed by atoms with Crippen LogP contribution >= 0.6 is 11.6 Å². The zero-order valence-corrected chi connectivity index (χ0v) is 15.3. The minimum Gasteiger partial charge on any atom is -0.495 e. The third kappa shape index (κ3) is 2.76. The van der Waals surface area contributed by atoms with Crippen molar-refractivity contribution in [3.05, 3.63) is 23.2 Å². The first-order valence-corrected chi connectivity index (χ1v) is 9.36. The van der Waals surface area contributed by atoms with Gasteiger partial charge in [-0.3, -0.25) is 19.3 Å². The van der Waals surface area contributed by atoms with Crippen LogP contribution in [-0.4, -0.2) is 36.3 Å². The molecule has 3 fully saturated rings. The van der Waals surface area contributed by atoms with Crippen LogP contribution in [0.3, 0.4) is 0 Å². The second-order valence-electron chi connectivity index (χ2n) is 7.36. The van der Waals surface area contributed by atoms with Crippen molar-refractivity contribution in [1.82, 2.24) is 4.90 Å². The third-order valence-corrected chi connectivity index (χ3v) is 6.25. The van der Waals surface area contributed by atoms with Crippen molar-refractivity contribution in [2.45, 2.75) is 25.7 Å². The molecule has 4 rings (SSSR count). The standard InChI is InChI=1S/C19H21ClN2O4/c1-26-14-5-4-12(20)9-13(14)21-15(23)6-7-22-18(24)16-10-2-3-11(8-10)17(16)19(22)25/h4-5,9-11,16-17H,2-3,6-8H2,1H3,(H,21,23)/t10-,11+,16-,17-/m0/s1. The van der Waals surface area contributed by atoms with Gasteiger partial charge in [0.15, 0.2) is 0 Å². The highest BCUT2D eigenvalue weighted by Crippen LogP contribution is 2.56. The number of halogens is 1. The molecule has 138 valence electrons. The van der Waals surface area contributed by atoms with E-state index < -0.39 is 0 Å². The maximum atomic E-state index is 12.6. The highest BCUT2D eigenvalue weighted by atomic mass is 35.5. The Balaban J connectivity index is 1.39. The van der Waals surface area contributed by atoms with Crippen molar-refractivity contribution in [1.29, 1.82) is 0 Å². The second kappa shape index (κ2) is 6.58. The molecule has 3 aliphatic rings. The van der Waals surface area contributed by atoms with E-state index >= 15 is 0 Å². The number of rotatable bonds is 5. The Hall–Kier alpha value is -2.08. The lowest BCUT2D eigenvalue weighted by Crippen LogP contribution is -2.35. The molecule has 3 amide bonds. The van der Waals surface area contributed by atoms with Gasteiger partial charge >= 0.3 is 0 Å². The molecule has 4 atom stereocenters. The molecular weight excluding hydrogens is 356 g/mol. The summed E-state index contributed by atoms with van der Waals surface area (Å²) in [6, 6.07) is 4.94. The zero-order valence-electron chi connectivity index (χ0n) is 14.5. The van der Waals surface area contributed by atoms with E-state index in [9.17, 15) is 14.4 Å². The molecule has 2 bridgehead atoms. The lowest BCUT2D eigenvalue weighted by Gasteiger charge is -2.19. The Morgan fingerprint density at radius 2 is 1.88 bits per heavy atom. The number of fused-ring (bicyclic) bond motifs is 5. The maximum Gasteiger partial charge on any atom is 0.233 e. The number of imide groups is 1. The van der Waals surface area contributed by atoms with Crippen LogP contribution < -0.4 is 10.1 Å². The van der Waals surface area contributed by atoms with Crippen LogP contribution in [0.5, 0.6) is 5.75 Å². The second-order valence-corrected chi connectivity index (χ2v) is 7.79. The van der Waals surface area contributed by atoms with E-state index in [1.165, 1.54) is 12.0 Å². The van der Waals surface area contributed by atoms with E-state index in [4.69, 9.17) is 16.3 Å². The summed E-state index contributed by atoms with van der Waals surface area (Å²) < 4.78 is 5.20. The summed E-state index contributed by atoms with van der Waals surface area (Å²) in [7, 11) is 1.51. The van der Waals surface area contributed by atoms with Gasteiger partial charge in [0, 0.05) is 18.0 Å². The third-order valence-electron chi connectivity index (χ3n) is 6.02. The predicted molar refractivity (Wildman–Crippen MR) is 95.8 cm³/mol. The minimum atomic E-state index is -0.286. The van der Waals surface area contributed by atoms with Crippen molar-refractivity contribution >= 4 is 35.0 Å². The summed E-state index contributed by atoms with van der Waals surface area (Å²) in [6.45, 7) is 0.124. The number of carbonyl (C=O) groups is 3. The first kappa shape index (κ1) is 17.3. The topological polar surface area (TPSA) is 75.7 Å². The summed E-state index contributed by atoms with van der Waals surface area (Å²) in [5.74, 6) is 0.482. The van der Waals surface area contributed by atoms with Crippen LogP contribution in [0.15, 0.2) is 18.2 Å². The molecule has 0 aromatic heterocycles. The molecule has 2 saturated carbocycles. The fraction of sp³-hybridized carbons (Fsp3) is 0.526. The molecule has 7 heteroatoms. The quantitative estimate of drug-likeness (QED) is 0.802. The fourth-order valence-electron chi connectivity index (χ4n) is 4.89. The zero-order chi connectivity index (χ0) is 18.4. The lowest BCUT2D eigenvalue weighted by atomic mass is 9.81. The molecule has 1 aliphatic heterocycles. The lowest BCUT2D eigenvalue weighted by molar-refractivity contribution is -0.140. The number of ether oxygens (including phenoxy) is 1. The van der Waals surface area contributed by atoms with Crippen molar-refractivity contribution in [2.24, 2.45) is 23.7 Å². The van der Waals surface area contributed by atoms with Crippen LogP contribution in [0.2, 0.25) is 5.02 Å². The molecule has 0 radical (unpaired) electrons. The number of nitrogens with one attached hydrogen (secondary N) is 1. The van der Waals surface area contributed by atoms with Crippen molar-refractivity contribution in [3.63, 3.8) is 0 Å². The Labute approximate surface area is 156 Å². The van der Waals surface area contributed by atoms with Gasteiger partial charge in [-0.25, -0.2) is 0 Å². The van der Waals surface area contributed by atoms with Crippen LogP contribution in [0, 0.1) is 23.7 Å². The molecule has 1 aromatic carbocycles. The number of anilines is 1. The number of carbonyl (C=O) groups excluding carboxylic acids is 3. The molecule has 1 heterocycles. The summed E-state index contributed by atoms with van der Waals surface area (Å²) in [5.41, 5.74) is 0.471. The van der Waals surface area contributed by atoms with E-state index in [1.54, 1.807) is 18.2 Å². The Morgan fingerprint density at radius 3 is 2.50 bits per heavy atom. The largest absolute Gasteiger partial charge is 0.495 e. The van der Waals surface area contributed by atoms with Crippen LogP contribution in [-0.2, 0) is 14.4 Å². The van der Waals surface area contributed by atoms with E-state index in [-0.39, 0.29) is 42.5 Å². The number of nitrogens with zero attached hydrogens (tertiary/aromatic N) is 1. The minimum absolute atomic E-state index is 0.0575. The smallest absolute Gasteiger partial charge is 0.233 e. The van der Waals surface area contributed by atoms with Crippen molar-refractivity contribution < 1.29 is 19.1 Å². The highest BCUT2D eigenvalue weighted by molar-refractivity contribution is 6.31. The number of likely N-dealkylation sites (tertiary alicyclic amines) is 1. The Bertz CT molecular complexity index is 753. The van der Waals surface area contributed by atoms with Gasteiger partial charge in [0.2, 0.25) is 17.7 Å². The Morgan fingerprint density at radius 1 is 1.23 bits per heavy atom. The Kier molecular flexibility index (Phi) is 4.39. The number of methoxy groups -OCH3 is 1.